The van der Waals surface area contributed by atoms with Gasteiger partial charge in [-0.1, -0.05) is 29.8 Å². The lowest BCUT2D eigenvalue weighted by molar-refractivity contribution is -0.115. The highest BCUT2D eigenvalue weighted by Crippen LogP contribution is 2.22. The summed E-state index contributed by atoms with van der Waals surface area (Å²) in [5.74, 6) is -1.42. The van der Waals surface area contributed by atoms with Gasteiger partial charge in [0.15, 0.2) is 0 Å². The van der Waals surface area contributed by atoms with Gasteiger partial charge in [-0.2, -0.15) is 0 Å². The van der Waals surface area contributed by atoms with Crippen LogP contribution in [0.2, 0.25) is 5.02 Å². The largest absolute Gasteiger partial charge is 0.508 e. The van der Waals surface area contributed by atoms with Gasteiger partial charge in [-0.15, -0.1) is 0 Å². The molecule has 1 amide bonds. The molecule has 108 valence electrons. The highest BCUT2D eigenvalue weighted by atomic mass is 35.5. The van der Waals surface area contributed by atoms with E-state index in [2.05, 4.69) is 5.32 Å². The Balaban J connectivity index is 2.08. The fourth-order valence-corrected chi connectivity index (χ4v) is 2.07. The van der Waals surface area contributed by atoms with Gasteiger partial charge in [0.05, 0.1) is 17.0 Å². The van der Waals surface area contributed by atoms with Gasteiger partial charge in [0.2, 0.25) is 5.91 Å². The second-order valence-electron chi connectivity index (χ2n) is 4.35. The standard InChI is InChI=1S/C15H12ClNO4/c16-12-8-10(5-6-11(12)15(20)21)17-14(19)7-9-3-1-2-4-13(9)18/h1-6,8,18H,7H2,(H,17,19)(H,20,21). The van der Waals surface area contributed by atoms with Crippen LogP contribution in [0, 0.1) is 0 Å². The number of aromatic carboxylic acids is 1. The van der Waals surface area contributed by atoms with Crippen molar-refractivity contribution >= 4 is 29.2 Å². The predicted molar refractivity (Wildman–Crippen MR) is 78.9 cm³/mol. The third-order valence-electron chi connectivity index (χ3n) is 2.83. The summed E-state index contributed by atoms with van der Waals surface area (Å²) in [6, 6.07) is 10.7. The van der Waals surface area contributed by atoms with Gasteiger partial charge in [-0.25, -0.2) is 4.79 Å². The van der Waals surface area contributed by atoms with E-state index in [1.807, 2.05) is 0 Å². The van der Waals surface area contributed by atoms with Gasteiger partial charge in [0.25, 0.3) is 0 Å². The van der Waals surface area contributed by atoms with Crippen LogP contribution in [-0.4, -0.2) is 22.1 Å². The Hall–Kier alpha value is -2.53. The van der Waals surface area contributed by atoms with Crippen molar-refractivity contribution in [3.63, 3.8) is 0 Å². The average Bonchev–Trinajstić information content (AvgIpc) is 2.41. The second kappa shape index (κ2) is 6.28. The Morgan fingerprint density at radius 3 is 2.48 bits per heavy atom. The number of nitrogens with one attached hydrogen (secondary N) is 1. The maximum atomic E-state index is 11.9. The molecular formula is C15H12ClNO4. The van der Waals surface area contributed by atoms with Crippen LogP contribution in [0.4, 0.5) is 5.69 Å². The van der Waals surface area contributed by atoms with Gasteiger partial charge < -0.3 is 15.5 Å². The number of amides is 1. The molecule has 2 aromatic rings. The van der Waals surface area contributed by atoms with Crippen molar-refractivity contribution in [1.82, 2.24) is 0 Å². The number of phenols is 1. The van der Waals surface area contributed by atoms with Crippen molar-refractivity contribution in [3.8, 4) is 5.75 Å². The van der Waals surface area contributed by atoms with E-state index in [-0.39, 0.29) is 28.7 Å². The molecular weight excluding hydrogens is 294 g/mol. The number of halogens is 1. The number of anilines is 1. The Morgan fingerprint density at radius 1 is 1.14 bits per heavy atom. The molecule has 2 aromatic carbocycles. The summed E-state index contributed by atoms with van der Waals surface area (Å²) in [4.78, 5) is 22.7. The molecule has 3 N–H and O–H groups in total. The smallest absolute Gasteiger partial charge is 0.337 e. The van der Waals surface area contributed by atoms with E-state index in [0.29, 0.717) is 11.3 Å². The van der Waals surface area contributed by atoms with Crippen molar-refractivity contribution < 1.29 is 19.8 Å². The van der Waals surface area contributed by atoms with Crippen LogP contribution in [0.15, 0.2) is 42.5 Å². The number of benzene rings is 2. The first-order valence-electron chi connectivity index (χ1n) is 6.07. The first-order chi connectivity index (χ1) is 9.97. The lowest BCUT2D eigenvalue weighted by Crippen LogP contribution is -2.14. The summed E-state index contributed by atoms with van der Waals surface area (Å²) in [5, 5.41) is 21.1. The minimum absolute atomic E-state index is 0.00493. The van der Waals surface area contributed by atoms with Crippen LogP contribution in [0.5, 0.6) is 5.75 Å². The number of hydrogen-bond acceptors (Lipinski definition) is 3. The van der Waals surface area contributed by atoms with Crippen molar-refractivity contribution in [1.29, 1.82) is 0 Å². The number of carbonyl (C=O) groups is 2. The van der Waals surface area contributed by atoms with Crippen LogP contribution in [0.1, 0.15) is 15.9 Å². The number of hydrogen-bond donors (Lipinski definition) is 3. The predicted octanol–water partition coefficient (Wildman–Crippen LogP) is 2.93. The molecule has 0 saturated carbocycles. The summed E-state index contributed by atoms with van der Waals surface area (Å²) in [5.41, 5.74) is 0.865. The Labute approximate surface area is 125 Å². The van der Waals surface area contributed by atoms with E-state index >= 15 is 0 Å². The molecule has 0 aliphatic carbocycles. The second-order valence-corrected chi connectivity index (χ2v) is 4.76. The van der Waals surface area contributed by atoms with E-state index in [0.717, 1.165) is 0 Å². The zero-order valence-electron chi connectivity index (χ0n) is 10.8. The molecule has 0 bridgehead atoms. The maximum Gasteiger partial charge on any atom is 0.337 e. The van der Waals surface area contributed by atoms with E-state index in [1.54, 1.807) is 18.2 Å². The Bertz CT molecular complexity index is 700. The summed E-state index contributed by atoms with van der Waals surface area (Å²) in [6.07, 6.45) is 0.00493. The van der Waals surface area contributed by atoms with Crippen LogP contribution >= 0.6 is 11.6 Å². The highest BCUT2D eigenvalue weighted by Gasteiger charge is 2.11. The van der Waals surface area contributed by atoms with Crippen molar-refractivity contribution in [2.45, 2.75) is 6.42 Å². The van der Waals surface area contributed by atoms with Crippen molar-refractivity contribution in [2.75, 3.05) is 5.32 Å². The first kappa shape index (κ1) is 14.9. The van der Waals surface area contributed by atoms with Gasteiger partial charge >= 0.3 is 5.97 Å². The molecule has 0 radical (unpaired) electrons. The highest BCUT2D eigenvalue weighted by molar-refractivity contribution is 6.33. The Morgan fingerprint density at radius 2 is 1.86 bits per heavy atom. The van der Waals surface area contributed by atoms with Crippen LogP contribution < -0.4 is 5.32 Å². The summed E-state index contributed by atoms with van der Waals surface area (Å²) < 4.78 is 0. The zero-order valence-corrected chi connectivity index (χ0v) is 11.6. The first-order valence-corrected chi connectivity index (χ1v) is 6.44. The van der Waals surface area contributed by atoms with Crippen LogP contribution in [-0.2, 0) is 11.2 Å². The monoisotopic (exact) mass is 305 g/mol. The van der Waals surface area contributed by atoms with Gasteiger partial charge in [-0.3, -0.25) is 4.79 Å². The summed E-state index contributed by atoms with van der Waals surface area (Å²) in [7, 11) is 0. The fourth-order valence-electron chi connectivity index (χ4n) is 1.80. The van der Waals surface area contributed by atoms with E-state index in [9.17, 15) is 14.7 Å². The molecule has 0 fully saturated rings. The number of carbonyl (C=O) groups excluding carboxylic acids is 1. The van der Waals surface area contributed by atoms with Gasteiger partial charge in [0, 0.05) is 11.3 Å². The lowest BCUT2D eigenvalue weighted by Gasteiger charge is -2.08. The molecule has 0 saturated heterocycles. The molecule has 0 spiro atoms. The number of carboxylic acid groups (broad SMARTS) is 1. The zero-order chi connectivity index (χ0) is 15.4. The minimum atomic E-state index is -1.13. The molecule has 21 heavy (non-hydrogen) atoms. The Kier molecular flexibility index (Phi) is 4.45. The number of para-hydroxylation sites is 1. The summed E-state index contributed by atoms with van der Waals surface area (Å²) in [6.45, 7) is 0. The fraction of sp³-hybridized carbons (Fsp3) is 0.0667. The van der Waals surface area contributed by atoms with Gasteiger partial charge in [0.1, 0.15) is 5.75 Å². The van der Waals surface area contributed by atoms with E-state index in [4.69, 9.17) is 16.7 Å². The van der Waals surface area contributed by atoms with E-state index < -0.39 is 5.97 Å². The van der Waals surface area contributed by atoms with Crippen molar-refractivity contribution in [2.24, 2.45) is 0 Å². The van der Waals surface area contributed by atoms with Crippen LogP contribution in [0.25, 0.3) is 0 Å². The molecule has 2 rings (SSSR count). The maximum absolute atomic E-state index is 11.9. The molecule has 0 atom stereocenters. The molecule has 5 nitrogen and oxygen atoms in total. The van der Waals surface area contributed by atoms with Crippen LogP contribution in [0.3, 0.4) is 0 Å². The molecule has 0 aliphatic heterocycles. The molecule has 0 unspecified atom stereocenters. The third-order valence-corrected chi connectivity index (χ3v) is 3.14. The normalized spacial score (nSPS) is 10.1. The lowest BCUT2D eigenvalue weighted by atomic mass is 10.1. The molecule has 6 heteroatoms. The van der Waals surface area contributed by atoms with E-state index in [1.165, 1.54) is 24.3 Å². The quantitative estimate of drug-likeness (QED) is 0.810. The number of carboxylic acids is 1. The summed E-state index contributed by atoms with van der Waals surface area (Å²) >= 11 is 5.82. The van der Waals surface area contributed by atoms with Gasteiger partial charge in [-0.05, 0) is 24.3 Å². The topological polar surface area (TPSA) is 86.6 Å². The van der Waals surface area contributed by atoms with Crippen molar-refractivity contribution in [3.05, 3.63) is 58.6 Å². The third kappa shape index (κ3) is 3.73. The number of aromatic hydroxyl groups is 1. The minimum Gasteiger partial charge on any atom is -0.508 e. The number of phenolic OH excluding ortho intramolecular Hbond substituents is 1. The SMILES string of the molecule is O=C(Cc1ccccc1O)Nc1ccc(C(=O)O)c(Cl)c1. The number of rotatable bonds is 4. The average molecular weight is 306 g/mol. The molecule has 0 aromatic heterocycles. The molecule has 0 aliphatic rings. The molecule has 0 heterocycles.